The molecule has 1 unspecified atom stereocenters. The number of H-pyrrole nitrogens is 1. The fraction of sp³-hybridized carbons (Fsp3) is 0.400. The summed E-state index contributed by atoms with van der Waals surface area (Å²) in [5.74, 6) is 0.856. The van der Waals surface area contributed by atoms with Crippen LogP contribution in [0, 0.1) is 6.92 Å². The Kier molecular flexibility index (Phi) is 3.60. The van der Waals surface area contributed by atoms with Crippen LogP contribution in [0.3, 0.4) is 0 Å². The third kappa shape index (κ3) is 2.63. The molecule has 0 radical (unpaired) electrons. The Morgan fingerprint density at radius 1 is 1.20 bits per heavy atom. The normalized spacial score (nSPS) is 18.9. The summed E-state index contributed by atoms with van der Waals surface area (Å²) in [5, 5.41) is 3.44. The average Bonchev–Trinajstić information content (AvgIpc) is 2.51. The Bertz CT molecular complexity index is 642. The Morgan fingerprint density at radius 2 is 2.00 bits per heavy atom. The summed E-state index contributed by atoms with van der Waals surface area (Å²) in [4.78, 5) is 23.0. The highest BCUT2D eigenvalue weighted by atomic mass is 16.1. The van der Waals surface area contributed by atoms with Gasteiger partial charge in [0.25, 0.3) is 5.56 Å². The number of hydrogen-bond acceptors (Lipinski definition) is 4. The molecule has 5 heteroatoms. The van der Waals surface area contributed by atoms with Crippen LogP contribution in [-0.4, -0.2) is 21.5 Å². The predicted molar refractivity (Wildman–Crippen MR) is 77.4 cm³/mol. The van der Waals surface area contributed by atoms with E-state index in [0.29, 0.717) is 5.56 Å². The second-order valence-electron chi connectivity index (χ2n) is 5.23. The summed E-state index contributed by atoms with van der Waals surface area (Å²) in [6.07, 6.45) is 8.90. The van der Waals surface area contributed by atoms with E-state index in [0.717, 1.165) is 29.9 Å². The average molecular weight is 270 g/mol. The summed E-state index contributed by atoms with van der Waals surface area (Å²) in [6.45, 7) is 2.83. The van der Waals surface area contributed by atoms with Crippen molar-refractivity contribution in [3.05, 3.63) is 46.4 Å². The summed E-state index contributed by atoms with van der Waals surface area (Å²) in [5.41, 5.74) is 2.49. The first kappa shape index (κ1) is 13.0. The molecule has 0 amide bonds. The summed E-state index contributed by atoms with van der Waals surface area (Å²) in [7, 11) is 0. The van der Waals surface area contributed by atoms with Crippen LogP contribution in [0.2, 0.25) is 0 Å². The minimum atomic E-state index is -0.0577. The largest absolute Gasteiger partial charge is 0.328 e. The van der Waals surface area contributed by atoms with Crippen molar-refractivity contribution >= 4 is 0 Å². The number of nitrogens with zero attached hydrogens (tertiary/aromatic N) is 2. The van der Waals surface area contributed by atoms with Crippen molar-refractivity contribution in [1.29, 1.82) is 0 Å². The Labute approximate surface area is 117 Å². The maximum absolute atomic E-state index is 11.4. The lowest BCUT2D eigenvalue weighted by Gasteiger charge is -2.21. The molecule has 0 spiro atoms. The first-order chi connectivity index (χ1) is 9.74. The Balaban J connectivity index is 1.84. The van der Waals surface area contributed by atoms with Gasteiger partial charge in [0.15, 0.2) is 0 Å². The molecule has 2 aromatic heterocycles. The maximum Gasteiger partial charge on any atom is 0.250 e. The van der Waals surface area contributed by atoms with E-state index >= 15 is 0 Å². The van der Waals surface area contributed by atoms with Crippen molar-refractivity contribution in [2.75, 3.05) is 6.54 Å². The van der Waals surface area contributed by atoms with Crippen molar-refractivity contribution in [1.82, 2.24) is 20.3 Å². The molecule has 0 aliphatic carbocycles. The summed E-state index contributed by atoms with van der Waals surface area (Å²) in [6, 6.07) is 2.13. The standard InChI is InChI=1S/C15H18N4O/c1-10-6-11(7-19-15(10)20)12-8-17-14(18-9-12)13-4-2-3-5-16-13/h6-9,13,16H,2-5H2,1H3,(H,19,20). The van der Waals surface area contributed by atoms with Gasteiger partial charge < -0.3 is 10.3 Å². The number of hydrogen-bond donors (Lipinski definition) is 2. The van der Waals surface area contributed by atoms with Crippen LogP contribution >= 0.6 is 0 Å². The van der Waals surface area contributed by atoms with Crippen LogP contribution in [0.1, 0.15) is 36.7 Å². The van der Waals surface area contributed by atoms with Gasteiger partial charge in [0.1, 0.15) is 5.82 Å². The van der Waals surface area contributed by atoms with Crippen molar-refractivity contribution in [3.8, 4) is 11.1 Å². The first-order valence-corrected chi connectivity index (χ1v) is 6.99. The highest BCUT2D eigenvalue weighted by Crippen LogP contribution is 2.21. The number of piperidine rings is 1. The lowest BCUT2D eigenvalue weighted by molar-refractivity contribution is 0.397. The number of aromatic nitrogens is 3. The SMILES string of the molecule is Cc1cc(-c2cnc(C3CCCCN3)nc2)c[nH]c1=O. The Morgan fingerprint density at radius 3 is 2.65 bits per heavy atom. The third-order valence-corrected chi connectivity index (χ3v) is 3.72. The van der Waals surface area contributed by atoms with Crippen LogP contribution in [0.25, 0.3) is 11.1 Å². The molecular formula is C15H18N4O. The quantitative estimate of drug-likeness (QED) is 0.875. The van der Waals surface area contributed by atoms with E-state index in [-0.39, 0.29) is 11.6 Å². The Hall–Kier alpha value is -2.01. The fourth-order valence-electron chi connectivity index (χ4n) is 2.50. The van der Waals surface area contributed by atoms with E-state index in [9.17, 15) is 4.79 Å². The maximum atomic E-state index is 11.4. The van der Waals surface area contributed by atoms with Gasteiger partial charge in [-0.05, 0) is 32.4 Å². The lowest BCUT2D eigenvalue weighted by Crippen LogP contribution is -2.28. The highest BCUT2D eigenvalue weighted by molar-refractivity contribution is 5.60. The third-order valence-electron chi connectivity index (χ3n) is 3.72. The summed E-state index contributed by atoms with van der Waals surface area (Å²) < 4.78 is 0. The second-order valence-corrected chi connectivity index (χ2v) is 5.23. The van der Waals surface area contributed by atoms with Gasteiger partial charge in [-0.15, -0.1) is 0 Å². The molecule has 1 fully saturated rings. The molecule has 0 aromatic carbocycles. The van der Waals surface area contributed by atoms with Gasteiger partial charge in [0.2, 0.25) is 0 Å². The molecular weight excluding hydrogens is 252 g/mol. The molecule has 2 N–H and O–H groups in total. The summed E-state index contributed by atoms with van der Waals surface area (Å²) >= 11 is 0. The second kappa shape index (κ2) is 5.54. The zero-order valence-electron chi connectivity index (χ0n) is 11.5. The van der Waals surface area contributed by atoms with E-state index in [1.54, 1.807) is 13.1 Å². The minimum absolute atomic E-state index is 0.0577. The van der Waals surface area contributed by atoms with E-state index in [2.05, 4.69) is 20.3 Å². The molecule has 3 rings (SSSR count). The molecule has 1 saturated heterocycles. The molecule has 1 aliphatic heterocycles. The molecule has 104 valence electrons. The van der Waals surface area contributed by atoms with Gasteiger partial charge in [-0.1, -0.05) is 6.42 Å². The molecule has 1 atom stereocenters. The van der Waals surface area contributed by atoms with E-state index in [4.69, 9.17) is 0 Å². The fourth-order valence-corrected chi connectivity index (χ4v) is 2.50. The molecule has 5 nitrogen and oxygen atoms in total. The van der Waals surface area contributed by atoms with Crippen molar-refractivity contribution in [3.63, 3.8) is 0 Å². The molecule has 1 aliphatic rings. The van der Waals surface area contributed by atoms with Gasteiger partial charge >= 0.3 is 0 Å². The van der Waals surface area contributed by atoms with Gasteiger partial charge in [0, 0.05) is 35.3 Å². The predicted octanol–water partition coefficient (Wildman–Crippen LogP) is 1.95. The van der Waals surface area contributed by atoms with Crippen LogP contribution in [0.5, 0.6) is 0 Å². The van der Waals surface area contributed by atoms with Crippen molar-refractivity contribution in [2.24, 2.45) is 0 Å². The topological polar surface area (TPSA) is 70.7 Å². The van der Waals surface area contributed by atoms with Gasteiger partial charge in [-0.2, -0.15) is 0 Å². The zero-order chi connectivity index (χ0) is 13.9. The van der Waals surface area contributed by atoms with Gasteiger partial charge in [0.05, 0.1) is 6.04 Å². The smallest absolute Gasteiger partial charge is 0.250 e. The number of rotatable bonds is 2. The number of aromatic amines is 1. The van der Waals surface area contributed by atoms with Crippen molar-refractivity contribution in [2.45, 2.75) is 32.2 Å². The van der Waals surface area contributed by atoms with E-state index < -0.39 is 0 Å². The van der Waals surface area contributed by atoms with Crippen LogP contribution in [0.4, 0.5) is 0 Å². The van der Waals surface area contributed by atoms with Crippen LogP contribution in [-0.2, 0) is 0 Å². The zero-order valence-corrected chi connectivity index (χ0v) is 11.5. The number of nitrogens with one attached hydrogen (secondary N) is 2. The minimum Gasteiger partial charge on any atom is -0.328 e. The van der Waals surface area contributed by atoms with E-state index in [1.165, 1.54) is 12.8 Å². The van der Waals surface area contributed by atoms with E-state index in [1.807, 2.05) is 18.5 Å². The molecule has 0 bridgehead atoms. The van der Waals surface area contributed by atoms with Gasteiger partial charge in [-0.25, -0.2) is 9.97 Å². The van der Waals surface area contributed by atoms with Crippen LogP contribution in [0.15, 0.2) is 29.5 Å². The first-order valence-electron chi connectivity index (χ1n) is 6.99. The highest BCUT2D eigenvalue weighted by Gasteiger charge is 2.17. The van der Waals surface area contributed by atoms with Crippen molar-refractivity contribution < 1.29 is 0 Å². The number of pyridine rings is 1. The molecule has 2 aromatic rings. The number of aryl methyl sites for hydroxylation is 1. The lowest BCUT2D eigenvalue weighted by atomic mass is 10.0. The monoisotopic (exact) mass is 270 g/mol. The van der Waals surface area contributed by atoms with Gasteiger partial charge in [-0.3, -0.25) is 4.79 Å². The molecule has 0 saturated carbocycles. The molecule has 3 heterocycles. The molecule has 20 heavy (non-hydrogen) atoms. The van der Waals surface area contributed by atoms with Crippen LogP contribution < -0.4 is 10.9 Å².